The maximum absolute atomic E-state index is 14.2. The smallest absolute Gasteiger partial charge is 0.131 e. The first kappa shape index (κ1) is 14.7. The van der Waals surface area contributed by atoms with E-state index in [2.05, 4.69) is 5.32 Å². The molecule has 0 spiro atoms. The molecule has 0 saturated carbocycles. The number of hydrogen-bond donors (Lipinski definition) is 1. The van der Waals surface area contributed by atoms with Crippen LogP contribution in [-0.2, 0) is 6.54 Å². The lowest BCUT2D eigenvalue weighted by Gasteiger charge is -2.10. The second kappa shape index (κ2) is 6.14. The average Bonchev–Trinajstić information content (AvgIpc) is 2.35. The van der Waals surface area contributed by atoms with E-state index in [0.29, 0.717) is 23.7 Å². The number of aryl methyl sites for hydroxylation is 1. The Morgan fingerprint density at radius 1 is 1.05 bits per heavy atom. The number of benzene rings is 2. The Kier molecular flexibility index (Phi) is 4.50. The Hall–Kier alpha value is -1.74. The Labute approximate surface area is 118 Å². The van der Waals surface area contributed by atoms with Crippen molar-refractivity contribution in [2.45, 2.75) is 33.4 Å². The Morgan fingerprint density at radius 2 is 1.80 bits per heavy atom. The average molecular weight is 275 g/mol. The highest BCUT2D eigenvalue weighted by atomic mass is 19.1. The quantitative estimate of drug-likeness (QED) is 0.870. The first-order valence-electron chi connectivity index (χ1n) is 6.75. The fourth-order valence-electron chi connectivity index (χ4n) is 2.12. The van der Waals surface area contributed by atoms with E-state index >= 15 is 0 Å². The lowest BCUT2D eigenvalue weighted by Crippen LogP contribution is -2.21. The summed E-state index contributed by atoms with van der Waals surface area (Å²) < 4.78 is 27.6. The van der Waals surface area contributed by atoms with Crippen LogP contribution >= 0.6 is 0 Å². The minimum absolute atomic E-state index is 0.321. The SMILES string of the molecule is Cc1cc(F)cc(-c2ccc(CNC(C)C)cc2F)c1. The van der Waals surface area contributed by atoms with Crippen LogP contribution in [0, 0.1) is 18.6 Å². The van der Waals surface area contributed by atoms with Gasteiger partial charge in [0.1, 0.15) is 11.6 Å². The van der Waals surface area contributed by atoms with E-state index in [9.17, 15) is 8.78 Å². The zero-order valence-corrected chi connectivity index (χ0v) is 12.0. The molecule has 0 aliphatic heterocycles. The highest BCUT2D eigenvalue weighted by Gasteiger charge is 2.08. The van der Waals surface area contributed by atoms with E-state index in [-0.39, 0.29) is 11.6 Å². The van der Waals surface area contributed by atoms with Crippen molar-refractivity contribution in [1.29, 1.82) is 0 Å². The lowest BCUT2D eigenvalue weighted by atomic mass is 10.0. The van der Waals surface area contributed by atoms with E-state index < -0.39 is 0 Å². The van der Waals surface area contributed by atoms with Gasteiger partial charge in [0.15, 0.2) is 0 Å². The summed E-state index contributed by atoms with van der Waals surface area (Å²) in [5, 5.41) is 3.24. The van der Waals surface area contributed by atoms with Crippen molar-refractivity contribution in [2.75, 3.05) is 0 Å². The Morgan fingerprint density at radius 3 is 2.40 bits per heavy atom. The van der Waals surface area contributed by atoms with Crippen LogP contribution in [0.3, 0.4) is 0 Å². The maximum atomic E-state index is 14.2. The van der Waals surface area contributed by atoms with Gasteiger partial charge >= 0.3 is 0 Å². The van der Waals surface area contributed by atoms with Gasteiger partial charge in [-0.15, -0.1) is 0 Å². The Balaban J connectivity index is 2.29. The van der Waals surface area contributed by atoms with Gasteiger partial charge in [-0.25, -0.2) is 8.78 Å². The second-order valence-corrected chi connectivity index (χ2v) is 5.37. The number of rotatable bonds is 4. The van der Waals surface area contributed by atoms with Crippen LogP contribution < -0.4 is 5.32 Å². The van der Waals surface area contributed by atoms with Crippen LogP contribution in [0.4, 0.5) is 8.78 Å². The van der Waals surface area contributed by atoms with Crippen LogP contribution in [0.1, 0.15) is 25.0 Å². The molecule has 0 radical (unpaired) electrons. The zero-order chi connectivity index (χ0) is 14.7. The van der Waals surface area contributed by atoms with Gasteiger partial charge < -0.3 is 5.32 Å². The third-order valence-electron chi connectivity index (χ3n) is 3.10. The zero-order valence-electron chi connectivity index (χ0n) is 12.0. The van der Waals surface area contributed by atoms with E-state index in [4.69, 9.17) is 0 Å². The molecule has 2 rings (SSSR count). The summed E-state index contributed by atoms with van der Waals surface area (Å²) in [6.45, 7) is 6.50. The molecule has 0 bridgehead atoms. The molecule has 3 heteroatoms. The van der Waals surface area contributed by atoms with Crippen LogP contribution in [0.15, 0.2) is 36.4 Å². The molecule has 106 valence electrons. The van der Waals surface area contributed by atoms with E-state index in [1.54, 1.807) is 19.1 Å². The van der Waals surface area contributed by atoms with Crippen molar-refractivity contribution in [3.05, 3.63) is 59.2 Å². The van der Waals surface area contributed by atoms with Crippen molar-refractivity contribution in [2.24, 2.45) is 0 Å². The van der Waals surface area contributed by atoms with Crippen molar-refractivity contribution in [1.82, 2.24) is 5.32 Å². The fraction of sp³-hybridized carbons (Fsp3) is 0.294. The van der Waals surface area contributed by atoms with Gasteiger partial charge in [-0.3, -0.25) is 0 Å². The van der Waals surface area contributed by atoms with E-state index in [1.165, 1.54) is 18.2 Å². The summed E-state index contributed by atoms with van der Waals surface area (Å²) in [5.41, 5.74) is 2.67. The van der Waals surface area contributed by atoms with Crippen LogP contribution in [0.5, 0.6) is 0 Å². The van der Waals surface area contributed by atoms with Crippen LogP contribution in [0.2, 0.25) is 0 Å². The van der Waals surface area contributed by atoms with Gasteiger partial charge in [0.25, 0.3) is 0 Å². The molecular weight excluding hydrogens is 256 g/mol. The largest absolute Gasteiger partial charge is 0.310 e. The minimum atomic E-state index is -0.343. The molecule has 1 N–H and O–H groups in total. The van der Waals surface area contributed by atoms with Crippen LogP contribution in [0.25, 0.3) is 11.1 Å². The first-order valence-corrected chi connectivity index (χ1v) is 6.75. The summed E-state index contributed by atoms with van der Waals surface area (Å²) in [5.74, 6) is -0.664. The van der Waals surface area contributed by atoms with Gasteiger partial charge in [0.2, 0.25) is 0 Å². The van der Waals surface area contributed by atoms with E-state index in [0.717, 1.165) is 11.1 Å². The summed E-state index contributed by atoms with van der Waals surface area (Å²) in [7, 11) is 0. The second-order valence-electron chi connectivity index (χ2n) is 5.37. The van der Waals surface area contributed by atoms with Gasteiger partial charge in [0, 0.05) is 18.2 Å². The first-order chi connectivity index (χ1) is 9.45. The van der Waals surface area contributed by atoms with E-state index in [1.807, 2.05) is 19.9 Å². The van der Waals surface area contributed by atoms with Gasteiger partial charge in [-0.2, -0.15) is 0 Å². The molecule has 0 fully saturated rings. The summed E-state index contributed by atoms with van der Waals surface area (Å²) in [6.07, 6.45) is 0. The molecule has 0 saturated heterocycles. The predicted octanol–water partition coefficient (Wildman–Crippen LogP) is 4.44. The molecule has 0 heterocycles. The molecule has 0 unspecified atom stereocenters. The van der Waals surface area contributed by atoms with Crippen molar-refractivity contribution in [3.63, 3.8) is 0 Å². The number of hydrogen-bond acceptors (Lipinski definition) is 1. The normalized spacial score (nSPS) is 11.1. The highest BCUT2D eigenvalue weighted by molar-refractivity contribution is 5.65. The van der Waals surface area contributed by atoms with Crippen LogP contribution in [-0.4, -0.2) is 6.04 Å². The molecule has 20 heavy (non-hydrogen) atoms. The fourth-order valence-corrected chi connectivity index (χ4v) is 2.12. The summed E-state index contributed by atoms with van der Waals surface area (Å²) in [4.78, 5) is 0. The lowest BCUT2D eigenvalue weighted by molar-refractivity contribution is 0.582. The molecule has 0 aliphatic carbocycles. The Bertz CT molecular complexity index is 586. The van der Waals surface area contributed by atoms with Crippen molar-refractivity contribution < 1.29 is 8.78 Å². The molecule has 1 nitrogen and oxygen atoms in total. The molecule has 0 aliphatic rings. The predicted molar refractivity (Wildman–Crippen MR) is 78.5 cm³/mol. The van der Waals surface area contributed by atoms with Gasteiger partial charge in [-0.05, 0) is 41.8 Å². The van der Waals surface area contributed by atoms with Gasteiger partial charge in [-0.1, -0.05) is 32.0 Å². The monoisotopic (exact) mass is 275 g/mol. The summed E-state index contributed by atoms with van der Waals surface area (Å²) in [6, 6.07) is 10.0. The maximum Gasteiger partial charge on any atom is 0.131 e. The third kappa shape index (κ3) is 3.64. The third-order valence-corrected chi connectivity index (χ3v) is 3.10. The highest BCUT2D eigenvalue weighted by Crippen LogP contribution is 2.25. The minimum Gasteiger partial charge on any atom is -0.310 e. The number of nitrogens with one attached hydrogen (secondary N) is 1. The molecule has 2 aromatic rings. The van der Waals surface area contributed by atoms with Gasteiger partial charge in [0.05, 0.1) is 0 Å². The molecule has 2 aromatic carbocycles. The van der Waals surface area contributed by atoms with Crippen molar-refractivity contribution in [3.8, 4) is 11.1 Å². The number of halogens is 2. The topological polar surface area (TPSA) is 12.0 Å². The summed E-state index contributed by atoms with van der Waals surface area (Å²) >= 11 is 0. The molecular formula is C17H19F2N. The standard InChI is InChI=1S/C17H19F2N/c1-11(2)20-10-13-4-5-16(17(19)8-13)14-6-12(3)7-15(18)9-14/h4-9,11,20H,10H2,1-3H3. The molecule has 0 amide bonds. The van der Waals surface area contributed by atoms with Crippen molar-refractivity contribution >= 4 is 0 Å². The molecule has 0 aromatic heterocycles. The molecule has 0 atom stereocenters.